The van der Waals surface area contributed by atoms with E-state index in [1.165, 1.54) is 24.3 Å². The molecule has 0 aliphatic heterocycles. The summed E-state index contributed by atoms with van der Waals surface area (Å²) in [5.41, 5.74) is 5.52. The van der Waals surface area contributed by atoms with Crippen LogP contribution in [-0.4, -0.2) is 24.5 Å². The highest BCUT2D eigenvalue weighted by Gasteiger charge is 2.45. The van der Waals surface area contributed by atoms with E-state index in [4.69, 9.17) is 5.73 Å². The molecule has 1 aliphatic rings. The molecule has 1 fully saturated rings. The highest BCUT2D eigenvalue weighted by atomic mass is 19.1. The van der Waals surface area contributed by atoms with Crippen LogP contribution in [-0.2, 0) is 16.1 Å². The van der Waals surface area contributed by atoms with E-state index in [-0.39, 0.29) is 29.1 Å². The molecule has 7 heteroatoms. The van der Waals surface area contributed by atoms with Gasteiger partial charge >= 0.3 is 5.97 Å². The Morgan fingerprint density at radius 2 is 1.92 bits per heavy atom. The highest BCUT2D eigenvalue weighted by molar-refractivity contribution is 5.97. The fourth-order valence-corrected chi connectivity index (χ4v) is 2.65. The molecule has 0 radical (unpaired) electrons. The number of esters is 1. The van der Waals surface area contributed by atoms with Crippen LogP contribution in [0.15, 0.2) is 36.4 Å². The van der Waals surface area contributed by atoms with E-state index in [9.17, 15) is 18.4 Å². The van der Waals surface area contributed by atoms with Gasteiger partial charge in [-0.3, -0.25) is 4.79 Å². The van der Waals surface area contributed by atoms with Gasteiger partial charge in [0, 0.05) is 12.1 Å². The zero-order valence-corrected chi connectivity index (χ0v) is 14.1. The smallest absolute Gasteiger partial charge is 0.341 e. The maximum absolute atomic E-state index is 14.4. The zero-order valence-electron chi connectivity index (χ0n) is 14.1. The van der Waals surface area contributed by atoms with Gasteiger partial charge in [0.05, 0.1) is 12.6 Å². The molecule has 136 valence electrons. The number of benzene rings is 2. The van der Waals surface area contributed by atoms with E-state index in [0.29, 0.717) is 18.4 Å². The summed E-state index contributed by atoms with van der Waals surface area (Å²) in [6, 6.07) is 8.30. The van der Waals surface area contributed by atoms with Gasteiger partial charge in [-0.15, -0.1) is 0 Å². The summed E-state index contributed by atoms with van der Waals surface area (Å²) >= 11 is 0. The van der Waals surface area contributed by atoms with Crippen LogP contribution in [0.4, 0.5) is 8.78 Å². The molecule has 0 atom stereocenters. The second-order valence-corrected chi connectivity index (χ2v) is 6.30. The number of hydrogen-bond donors (Lipinski definition) is 2. The number of carbonyl (C=O) groups excluding carboxylic acids is 2. The third-order valence-electron chi connectivity index (χ3n) is 4.45. The molecular weight excluding hydrogens is 342 g/mol. The van der Waals surface area contributed by atoms with E-state index < -0.39 is 23.1 Å². The molecular formula is C19H18F2N2O3. The van der Waals surface area contributed by atoms with Crippen LogP contribution in [0, 0.1) is 11.6 Å². The molecule has 26 heavy (non-hydrogen) atoms. The molecule has 0 aromatic heterocycles. The number of nitrogens with one attached hydrogen (secondary N) is 1. The van der Waals surface area contributed by atoms with Gasteiger partial charge in [-0.1, -0.05) is 24.3 Å². The molecule has 3 N–H and O–H groups in total. The van der Waals surface area contributed by atoms with E-state index in [0.717, 1.165) is 13.2 Å². The maximum Gasteiger partial charge on any atom is 0.341 e. The van der Waals surface area contributed by atoms with Gasteiger partial charge in [-0.25, -0.2) is 13.6 Å². The van der Waals surface area contributed by atoms with E-state index in [1.807, 2.05) is 0 Å². The van der Waals surface area contributed by atoms with Crippen molar-refractivity contribution in [2.24, 2.45) is 5.73 Å². The topological polar surface area (TPSA) is 81.4 Å². The van der Waals surface area contributed by atoms with Crippen molar-refractivity contribution in [2.75, 3.05) is 7.11 Å². The number of amides is 1. The minimum atomic E-state index is -0.840. The molecule has 5 nitrogen and oxygen atoms in total. The first-order chi connectivity index (χ1) is 12.4. The Balaban J connectivity index is 1.85. The van der Waals surface area contributed by atoms with Crippen LogP contribution in [0.2, 0.25) is 0 Å². The number of hydrogen-bond acceptors (Lipinski definition) is 4. The number of ether oxygens (including phenoxy) is 1. The number of nitrogens with two attached hydrogens (primary N) is 1. The molecule has 1 aliphatic carbocycles. The van der Waals surface area contributed by atoms with Gasteiger partial charge in [-0.05, 0) is 36.1 Å². The molecule has 1 saturated carbocycles. The minimum absolute atomic E-state index is 0.00307. The Bertz CT molecular complexity index is 879. The van der Waals surface area contributed by atoms with Crippen molar-refractivity contribution in [3.63, 3.8) is 0 Å². The average Bonchev–Trinajstić information content (AvgIpc) is 3.38. The fraction of sp³-hybridized carbons (Fsp3) is 0.263. The summed E-state index contributed by atoms with van der Waals surface area (Å²) in [5.74, 6) is -2.47. The molecule has 0 spiro atoms. The lowest BCUT2D eigenvalue weighted by atomic mass is 9.98. The van der Waals surface area contributed by atoms with Crippen LogP contribution < -0.4 is 11.1 Å². The summed E-state index contributed by atoms with van der Waals surface area (Å²) in [7, 11) is 1.15. The van der Waals surface area contributed by atoms with Crippen molar-refractivity contribution < 1.29 is 23.1 Å². The lowest BCUT2D eigenvalue weighted by Gasteiger charge is -2.13. The highest BCUT2D eigenvalue weighted by Crippen LogP contribution is 2.32. The summed E-state index contributed by atoms with van der Waals surface area (Å²) in [4.78, 5) is 23.7. The Kier molecular flexibility index (Phi) is 4.73. The molecule has 3 rings (SSSR count). The number of halogens is 2. The Morgan fingerprint density at radius 1 is 1.19 bits per heavy atom. The second kappa shape index (κ2) is 6.84. The predicted molar refractivity (Wildman–Crippen MR) is 91.1 cm³/mol. The van der Waals surface area contributed by atoms with Crippen molar-refractivity contribution in [1.29, 1.82) is 0 Å². The summed E-state index contributed by atoms with van der Waals surface area (Å²) in [6.07, 6.45) is 1.24. The lowest BCUT2D eigenvalue weighted by molar-refractivity contribution is -0.123. The lowest BCUT2D eigenvalue weighted by Crippen LogP contribution is -2.42. The number of rotatable bonds is 5. The molecule has 2 aromatic rings. The van der Waals surface area contributed by atoms with E-state index >= 15 is 0 Å². The van der Waals surface area contributed by atoms with Crippen molar-refractivity contribution in [3.05, 3.63) is 59.2 Å². The maximum atomic E-state index is 14.4. The van der Waals surface area contributed by atoms with Gasteiger partial charge < -0.3 is 15.8 Å². The molecule has 0 bridgehead atoms. The summed E-state index contributed by atoms with van der Waals surface area (Å²) < 4.78 is 33.1. The fourth-order valence-electron chi connectivity index (χ4n) is 2.65. The summed E-state index contributed by atoms with van der Waals surface area (Å²) in [6.45, 7) is -0.00307. The average molecular weight is 360 g/mol. The molecule has 0 heterocycles. The van der Waals surface area contributed by atoms with Crippen molar-refractivity contribution in [1.82, 2.24) is 5.32 Å². The predicted octanol–water partition coefficient (Wildman–Crippen LogP) is 2.53. The van der Waals surface area contributed by atoms with Crippen molar-refractivity contribution in [2.45, 2.75) is 24.9 Å². The van der Waals surface area contributed by atoms with Crippen molar-refractivity contribution in [3.8, 4) is 11.1 Å². The first kappa shape index (κ1) is 18.0. The van der Waals surface area contributed by atoms with Gasteiger partial charge in [0.1, 0.15) is 17.2 Å². The molecule has 1 amide bonds. The molecule has 2 aromatic carbocycles. The van der Waals surface area contributed by atoms with Crippen molar-refractivity contribution >= 4 is 11.9 Å². The Labute approximate surface area is 149 Å². The number of carbonyl (C=O) groups is 2. The third-order valence-corrected chi connectivity index (χ3v) is 4.45. The number of methoxy groups -OCH3 is 1. The van der Waals surface area contributed by atoms with Crippen LogP contribution in [0.3, 0.4) is 0 Å². The standard InChI is InChI=1S/C19H18F2N2O3/c1-26-17(24)16-13(3-2-4-14(16)20)11-5-6-12(15(21)9-11)10-23-18(25)19(22)7-8-19/h2-6,9H,7-8,10,22H2,1H3,(H,23,25). The summed E-state index contributed by atoms with van der Waals surface area (Å²) in [5, 5.41) is 2.61. The SMILES string of the molecule is COC(=O)c1c(F)cccc1-c1ccc(CNC(=O)C2(N)CC2)c(F)c1. The largest absolute Gasteiger partial charge is 0.465 e. The second-order valence-electron chi connectivity index (χ2n) is 6.30. The van der Waals surface area contributed by atoms with Crippen LogP contribution in [0.1, 0.15) is 28.8 Å². The van der Waals surface area contributed by atoms with Crippen LogP contribution in [0.5, 0.6) is 0 Å². The van der Waals surface area contributed by atoms with Gasteiger partial charge in [-0.2, -0.15) is 0 Å². The van der Waals surface area contributed by atoms with Gasteiger partial charge in [0.25, 0.3) is 0 Å². The normalized spacial score (nSPS) is 14.6. The first-order valence-corrected chi connectivity index (χ1v) is 8.08. The Hall–Kier alpha value is -2.80. The van der Waals surface area contributed by atoms with Gasteiger partial charge in [0.15, 0.2) is 0 Å². The van der Waals surface area contributed by atoms with Crippen LogP contribution in [0.25, 0.3) is 11.1 Å². The van der Waals surface area contributed by atoms with Gasteiger partial charge in [0.2, 0.25) is 5.91 Å². The third kappa shape index (κ3) is 3.43. The van der Waals surface area contributed by atoms with Crippen LogP contribution >= 0.6 is 0 Å². The Morgan fingerprint density at radius 3 is 2.54 bits per heavy atom. The quantitative estimate of drug-likeness (QED) is 0.803. The van der Waals surface area contributed by atoms with E-state index in [2.05, 4.69) is 10.1 Å². The first-order valence-electron chi connectivity index (χ1n) is 8.08. The zero-order chi connectivity index (χ0) is 18.9. The molecule has 0 saturated heterocycles. The van der Waals surface area contributed by atoms with E-state index in [1.54, 1.807) is 6.07 Å². The molecule has 0 unspecified atom stereocenters. The minimum Gasteiger partial charge on any atom is -0.465 e. The monoisotopic (exact) mass is 360 g/mol.